The summed E-state index contributed by atoms with van der Waals surface area (Å²) in [5.74, 6) is 0.922. The van der Waals surface area contributed by atoms with Crippen LogP contribution in [-0.2, 0) is 12.3 Å². The molecule has 1 aromatic heterocycles. The number of rotatable bonds is 3. The number of benzene rings is 1. The van der Waals surface area contributed by atoms with Gasteiger partial charge in [0.2, 0.25) is 0 Å². The van der Waals surface area contributed by atoms with Crippen LogP contribution in [0, 0.1) is 0 Å². The van der Waals surface area contributed by atoms with Crippen LogP contribution in [0.25, 0.3) is 6.08 Å². The van der Waals surface area contributed by atoms with E-state index in [1.165, 1.54) is 5.56 Å². The number of fused-ring (bicyclic) bond motifs is 1. The van der Waals surface area contributed by atoms with Crippen molar-refractivity contribution in [3.05, 3.63) is 65.6 Å². The minimum Gasteiger partial charge on any atom is -0.376 e. The van der Waals surface area contributed by atoms with Gasteiger partial charge in [0.1, 0.15) is 0 Å². The molecule has 0 fully saturated rings. The van der Waals surface area contributed by atoms with E-state index in [1.54, 1.807) is 18.0 Å². The third-order valence-corrected chi connectivity index (χ3v) is 4.15. The van der Waals surface area contributed by atoms with Crippen LogP contribution in [0.5, 0.6) is 0 Å². The van der Waals surface area contributed by atoms with Crippen LogP contribution in [0.15, 0.2) is 53.8 Å². The van der Waals surface area contributed by atoms with Crippen LogP contribution >= 0.6 is 11.8 Å². The number of thioether (sulfide) groups is 1. The molecule has 0 spiro atoms. The quantitative estimate of drug-likeness (QED) is 0.789. The molecule has 3 heteroatoms. The lowest BCUT2D eigenvalue weighted by molar-refractivity contribution is 0.446. The maximum atomic E-state index is 8.18. The summed E-state index contributed by atoms with van der Waals surface area (Å²) in [6, 6.07) is 10.4. The van der Waals surface area contributed by atoms with E-state index in [0.717, 1.165) is 21.8 Å². The van der Waals surface area contributed by atoms with E-state index in [-0.39, 0.29) is 6.52 Å². The van der Waals surface area contributed by atoms with Crippen molar-refractivity contribution in [3.63, 3.8) is 0 Å². The van der Waals surface area contributed by atoms with Crippen LogP contribution in [0.2, 0.25) is 0 Å². The maximum Gasteiger partial charge on any atom is 0.0544 e. The van der Waals surface area contributed by atoms with E-state index in [4.69, 9.17) is 1.37 Å². The molecule has 2 heterocycles. The van der Waals surface area contributed by atoms with Gasteiger partial charge in [0, 0.05) is 36.6 Å². The van der Waals surface area contributed by atoms with Gasteiger partial charge in [-0.1, -0.05) is 30.3 Å². The van der Waals surface area contributed by atoms with Crippen molar-refractivity contribution in [1.29, 1.82) is 0 Å². The van der Waals surface area contributed by atoms with Gasteiger partial charge in [0.25, 0.3) is 0 Å². The van der Waals surface area contributed by atoms with Gasteiger partial charge >= 0.3 is 0 Å². The molecule has 0 amide bonds. The van der Waals surface area contributed by atoms with Gasteiger partial charge < -0.3 is 4.90 Å². The van der Waals surface area contributed by atoms with E-state index >= 15 is 0 Å². The van der Waals surface area contributed by atoms with Crippen LogP contribution in [0.3, 0.4) is 0 Å². The second-order valence-corrected chi connectivity index (χ2v) is 5.54. The molecule has 1 unspecified atom stereocenters. The Bertz CT molecular complexity index is 628. The Hall–Kier alpha value is -1.74. The van der Waals surface area contributed by atoms with Crippen molar-refractivity contribution in [1.82, 2.24) is 9.88 Å². The molecule has 0 N–H and O–H groups in total. The van der Waals surface area contributed by atoms with Gasteiger partial charge in [0.15, 0.2) is 0 Å². The Labute approximate surface area is 119 Å². The summed E-state index contributed by atoms with van der Waals surface area (Å²) in [5, 5.41) is 0. The summed E-state index contributed by atoms with van der Waals surface area (Å²) in [6.07, 6.45) is 7.75. The fourth-order valence-electron chi connectivity index (χ4n) is 2.05. The fourth-order valence-corrected chi connectivity index (χ4v) is 3.04. The van der Waals surface area contributed by atoms with Crippen LogP contribution in [-0.4, -0.2) is 16.9 Å². The average Bonchev–Trinajstić information content (AvgIpc) is 2.50. The number of aromatic nitrogens is 1. The maximum absolute atomic E-state index is 8.18. The fraction of sp³-hybridized carbons (Fsp3) is 0.188. The number of hydrogen-bond donors (Lipinski definition) is 0. The van der Waals surface area contributed by atoms with E-state index in [0.29, 0.717) is 0 Å². The second-order valence-electron chi connectivity index (χ2n) is 4.53. The molecule has 0 bridgehead atoms. The van der Waals surface area contributed by atoms with Gasteiger partial charge in [-0.3, -0.25) is 4.98 Å². The van der Waals surface area contributed by atoms with Gasteiger partial charge in [-0.2, -0.15) is 0 Å². The van der Waals surface area contributed by atoms with E-state index in [2.05, 4.69) is 35.3 Å². The van der Waals surface area contributed by atoms with Crippen molar-refractivity contribution in [2.45, 2.75) is 17.2 Å². The lowest BCUT2D eigenvalue weighted by Crippen LogP contribution is -2.15. The topological polar surface area (TPSA) is 16.1 Å². The Morgan fingerprint density at radius 2 is 2.16 bits per heavy atom. The first kappa shape index (κ1) is 11.1. The molecule has 96 valence electrons. The second kappa shape index (κ2) is 5.49. The predicted octanol–water partition coefficient (Wildman–Crippen LogP) is 3.79. The molecule has 1 aromatic carbocycles. The summed E-state index contributed by atoms with van der Waals surface area (Å²) >= 11 is 1.78. The summed E-state index contributed by atoms with van der Waals surface area (Å²) in [5.41, 5.74) is 3.42. The van der Waals surface area contributed by atoms with Crippen molar-refractivity contribution in [2.24, 2.45) is 0 Å². The smallest absolute Gasteiger partial charge is 0.0544 e. The molecule has 1 aliphatic heterocycles. The molecule has 0 aliphatic carbocycles. The number of pyridine rings is 1. The van der Waals surface area contributed by atoms with Gasteiger partial charge in [-0.25, -0.2) is 0 Å². The largest absolute Gasteiger partial charge is 0.376 e. The lowest BCUT2D eigenvalue weighted by atomic mass is 10.1. The highest BCUT2D eigenvalue weighted by molar-refractivity contribution is 7.98. The first-order chi connectivity index (χ1) is 9.75. The number of nitrogens with zero attached hydrogens (tertiary/aromatic N) is 2. The zero-order valence-corrected chi connectivity index (χ0v) is 11.6. The van der Waals surface area contributed by atoms with Gasteiger partial charge in [-0.05, 0) is 29.0 Å². The van der Waals surface area contributed by atoms with Gasteiger partial charge in [0.05, 0.1) is 1.37 Å². The highest BCUT2D eigenvalue weighted by Gasteiger charge is 2.12. The summed E-state index contributed by atoms with van der Waals surface area (Å²) in [7, 11) is 1.92. The lowest BCUT2D eigenvalue weighted by Gasteiger charge is -2.21. The minimum absolute atomic E-state index is 0.361. The molecule has 3 rings (SSSR count). The zero-order chi connectivity index (χ0) is 13.9. The van der Waals surface area contributed by atoms with Crippen LogP contribution in [0.4, 0.5) is 0 Å². The van der Waals surface area contributed by atoms with Crippen LogP contribution in [0.1, 0.15) is 18.1 Å². The van der Waals surface area contributed by atoms with Crippen molar-refractivity contribution in [3.8, 4) is 0 Å². The van der Waals surface area contributed by atoms with Crippen LogP contribution < -0.4 is 0 Å². The summed E-state index contributed by atoms with van der Waals surface area (Å²) < 4.78 is 8.18. The Morgan fingerprint density at radius 3 is 3.00 bits per heavy atom. The van der Waals surface area contributed by atoms with E-state index in [9.17, 15) is 0 Å². The van der Waals surface area contributed by atoms with Gasteiger partial charge in [-0.15, -0.1) is 11.8 Å². The summed E-state index contributed by atoms with van der Waals surface area (Å²) in [4.78, 5) is 7.32. The van der Waals surface area contributed by atoms with Crippen molar-refractivity contribution >= 4 is 17.8 Å². The first-order valence-corrected chi connectivity index (χ1v) is 7.21. The van der Waals surface area contributed by atoms with Crippen molar-refractivity contribution < 1.29 is 1.37 Å². The third kappa shape index (κ3) is 2.82. The highest BCUT2D eigenvalue weighted by atomic mass is 32.2. The molecule has 0 radical (unpaired) electrons. The van der Waals surface area contributed by atoms with E-state index < -0.39 is 0 Å². The molecule has 1 atom stereocenters. The minimum atomic E-state index is -0.361. The highest BCUT2D eigenvalue weighted by Crippen LogP contribution is 2.30. The Kier molecular flexibility index (Phi) is 3.21. The Morgan fingerprint density at radius 1 is 1.32 bits per heavy atom. The first-order valence-electron chi connectivity index (χ1n) is 6.80. The molecule has 0 saturated carbocycles. The monoisotopic (exact) mass is 269 g/mol. The molecule has 0 saturated heterocycles. The standard InChI is InChI=1S/C16H16N2S/c1-18-8-7-15-14(11-18)9-17-10-16(15)19-12-13-5-3-2-4-6-13/h2-10H,11-12H2,1H3/i11D. The molecule has 2 nitrogen and oxygen atoms in total. The molecular weight excluding hydrogens is 252 g/mol. The average molecular weight is 269 g/mol. The predicted molar refractivity (Wildman–Crippen MR) is 80.7 cm³/mol. The zero-order valence-electron chi connectivity index (χ0n) is 11.8. The number of hydrogen-bond acceptors (Lipinski definition) is 3. The SMILES string of the molecule is [2H]C1c2cncc(SCc3ccccc3)c2C=CN1C. The van der Waals surface area contributed by atoms with E-state index in [1.807, 2.05) is 30.4 Å². The third-order valence-electron chi connectivity index (χ3n) is 3.04. The molecule has 19 heavy (non-hydrogen) atoms. The Balaban J connectivity index is 1.84. The summed E-state index contributed by atoms with van der Waals surface area (Å²) in [6.45, 7) is -0.361. The normalized spacial score (nSPS) is 18.1. The molecule has 2 aromatic rings. The molecular formula is C16H16N2S. The van der Waals surface area contributed by atoms with Crippen molar-refractivity contribution in [2.75, 3.05) is 7.05 Å². The molecule has 1 aliphatic rings.